The minimum Gasteiger partial charge on any atom is -0.340 e. The zero-order valence-corrected chi connectivity index (χ0v) is 20.7. The number of fused-ring (bicyclic) bond motifs is 1. The molecule has 0 saturated heterocycles. The molecule has 9 heteroatoms. The summed E-state index contributed by atoms with van der Waals surface area (Å²) in [6, 6.07) is 10.8. The van der Waals surface area contributed by atoms with E-state index in [1.54, 1.807) is 30.3 Å². The standard InChI is InChI=1S/C24H33N5O3S/c1-5-16-29-22-12-11-20(33(31,32)28(6-2)7-3)17-21(22)26-23(29)13-14-24(30)27(4)18-19-10-8-9-15-25-19/h8-12,15,17H,5-7,13-14,16,18H2,1-4H3. The number of sulfonamides is 1. The molecule has 0 aliphatic rings. The fourth-order valence-corrected chi connectivity index (χ4v) is 5.41. The topological polar surface area (TPSA) is 88.4 Å². The van der Waals surface area contributed by atoms with Gasteiger partial charge in [-0.2, -0.15) is 4.31 Å². The number of aromatic nitrogens is 3. The van der Waals surface area contributed by atoms with E-state index in [1.165, 1.54) is 4.31 Å². The number of amides is 1. The lowest BCUT2D eigenvalue weighted by molar-refractivity contribution is -0.130. The molecular weight excluding hydrogens is 438 g/mol. The third kappa shape index (κ3) is 5.59. The second-order valence-electron chi connectivity index (χ2n) is 7.99. The van der Waals surface area contributed by atoms with Crippen LogP contribution in [-0.4, -0.2) is 58.2 Å². The van der Waals surface area contributed by atoms with Gasteiger partial charge in [-0.15, -0.1) is 0 Å². The summed E-state index contributed by atoms with van der Waals surface area (Å²) in [4.78, 5) is 23.6. The van der Waals surface area contributed by atoms with Crippen LogP contribution >= 0.6 is 0 Å². The first-order valence-corrected chi connectivity index (χ1v) is 12.9. The molecule has 2 heterocycles. The highest BCUT2D eigenvalue weighted by Crippen LogP contribution is 2.24. The monoisotopic (exact) mass is 471 g/mol. The molecule has 0 spiro atoms. The number of nitrogens with zero attached hydrogens (tertiary/aromatic N) is 5. The highest BCUT2D eigenvalue weighted by molar-refractivity contribution is 7.89. The van der Waals surface area contributed by atoms with Gasteiger partial charge in [-0.1, -0.05) is 26.8 Å². The minimum atomic E-state index is -3.56. The zero-order chi connectivity index (χ0) is 24.0. The SMILES string of the molecule is CCCn1c(CCC(=O)N(C)Cc2ccccn2)nc2cc(S(=O)(=O)N(CC)CC)ccc21. The van der Waals surface area contributed by atoms with E-state index >= 15 is 0 Å². The second-order valence-corrected chi connectivity index (χ2v) is 9.93. The molecule has 178 valence electrons. The van der Waals surface area contributed by atoms with Crippen LogP contribution in [0.4, 0.5) is 0 Å². The largest absolute Gasteiger partial charge is 0.340 e. The molecule has 0 bridgehead atoms. The number of hydrogen-bond donors (Lipinski definition) is 0. The Kier molecular flexibility index (Phi) is 8.20. The van der Waals surface area contributed by atoms with Crippen molar-refractivity contribution < 1.29 is 13.2 Å². The van der Waals surface area contributed by atoms with Gasteiger partial charge in [0, 0.05) is 45.7 Å². The van der Waals surface area contributed by atoms with Crippen LogP contribution in [0, 0.1) is 0 Å². The maximum Gasteiger partial charge on any atom is 0.243 e. The Morgan fingerprint density at radius 1 is 1.09 bits per heavy atom. The summed E-state index contributed by atoms with van der Waals surface area (Å²) in [5, 5.41) is 0. The van der Waals surface area contributed by atoms with E-state index in [4.69, 9.17) is 4.98 Å². The number of hydrogen-bond acceptors (Lipinski definition) is 5. The van der Waals surface area contributed by atoms with E-state index in [2.05, 4.69) is 16.5 Å². The molecule has 3 aromatic rings. The van der Waals surface area contributed by atoms with Crippen molar-refractivity contribution >= 4 is 27.0 Å². The van der Waals surface area contributed by atoms with Gasteiger partial charge in [-0.3, -0.25) is 9.78 Å². The minimum absolute atomic E-state index is 0.0144. The molecule has 0 aliphatic heterocycles. The number of pyridine rings is 1. The van der Waals surface area contributed by atoms with Crippen molar-refractivity contribution in [2.75, 3.05) is 20.1 Å². The summed E-state index contributed by atoms with van der Waals surface area (Å²) >= 11 is 0. The summed E-state index contributed by atoms with van der Waals surface area (Å²) in [6.07, 6.45) is 3.43. The van der Waals surface area contributed by atoms with Crippen LogP contribution in [0.25, 0.3) is 11.0 Å². The first kappa shape index (κ1) is 24.9. The average molecular weight is 472 g/mol. The van der Waals surface area contributed by atoms with Crippen molar-refractivity contribution in [1.82, 2.24) is 23.7 Å². The molecule has 0 radical (unpaired) electrons. The third-order valence-corrected chi connectivity index (χ3v) is 7.75. The highest BCUT2D eigenvalue weighted by atomic mass is 32.2. The molecule has 0 aliphatic carbocycles. The van der Waals surface area contributed by atoms with E-state index < -0.39 is 10.0 Å². The van der Waals surface area contributed by atoms with Gasteiger partial charge in [0.25, 0.3) is 0 Å². The molecule has 8 nitrogen and oxygen atoms in total. The Bertz CT molecular complexity index is 1190. The Morgan fingerprint density at radius 2 is 1.85 bits per heavy atom. The molecule has 0 N–H and O–H groups in total. The molecular formula is C24H33N5O3S. The van der Waals surface area contributed by atoms with Gasteiger partial charge in [0.05, 0.1) is 28.2 Å². The Morgan fingerprint density at radius 3 is 2.48 bits per heavy atom. The lowest BCUT2D eigenvalue weighted by Crippen LogP contribution is -2.30. The van der Waals surface area contributed by atoms with Crippen LogP contribution in [0.15, 0.2) is 47.5 Å². The molecule has 0 atom stereocenters. The Hall–Kier alpha value is -2.78. The van der Waals surface area contributed by atoms with E-state index in [1.807, 2.05) is 38.1 Å². The van der Waals surface area contributed by atoms with Gasteiger partial charge in [-0.25, -0.2) is 13.4 Å². The fourth-order valence-electron chi connectivity index (χ4n) is 3.93. The van der Waals surface area contributed by atoms with Crippen molar-refractivity contribution in [3.05, 3.63) is 54.1 Å². The summed E-state index contributed by atoms with van der Waals surface area (Å²) in [6.45, 7) is 7.79. The quantitative estimate of drug-likeness (QED) is 0.427. The summed E-state index contributed by atoms with van der Waals surface area (Å²) in [7, 11) is -1.78. The highest BCUT2D eigenvalue weighted by Gasteiger charge is 2.23. The Labute approximate surface area is 196 Å². The van der Waals surface area contributed by atoms with E-state index in [9.17, 15) is 13.2 Å². The number of aryl methyl sites for hydroxylation is 2. The molecule has 0 saturated carbocycles. The zero-order valence-electron chi connectivity index (χ0n) is 19.9. The predicted molar refractivity (Wildman–Crippen MR) is 129 cm³/mol. The van der Waals surface area contributed by atoms with Gasteiger partial charge in [-0.05, 0) is 36.8 Å². The van der Waals surface area contributed by atoms with Gasteiger partial charge in [0.15, 0.2) is 0 Å². The summed E-state index contributed by atoms with van der Waals surface area (Å²) in [5.74, 6) is 0.810. The normalized spacial score (nSPS) is 11.9. The van der Waals surface area contributed by atoms with Crippen LogP contribution < -0.4 is 0 Å². The van der Waals surface area contributed by atoms with Gasteiger partial charge < -0.3 is 9.47 Å². The van der Waals surface area contributed by atoms with Crippen LogP contribution in [-0.2, 0) is 34.3 Å². The summed E-state index contributed by atoms with van der Waals surface area (Å²) < 4.78 is 29.4. The first-order chi connectivity index (χ1) is 15.8. The molecule has 3 rings (SSSR count). The van der Waals surface area contributed by atoms with E-state index in [0.29, 0.717) is 38.0 Å². The van der Waals surface area contributed by atoms with Gasteiger partial charge in [0.1, 0.15) is 5.82 Å². The molecule has 0 unspecified atom stereocenters. The molecule has 1 aromatic carbocycles. The number of benzene rings is 1. The van der Waals surface area contributed by atoms with Crippen molar-refractivity contribution in [2.24, 2.45) is 0 Å². The lowest BCUT2D eigenvalue weighted by Gasteiger charge is -2.18. The second kappa shape index (κ2) is 10.9. The van der Waals surface area contributed by atoms with Crippen molar-refractivity contribution in [3.8, 4) is 0 Å². The van der Waals surface area contributed by atoms with Crippen LogP contribution in [0.2, 0.25) is 0 Å². The van der Waals surface area contributed by atoms with Crippen molar-refractivity contribution in [1.29, 1.82) is 0 Å². The maximum absolute atomic E-state index is 12.9. The third-order valence-electron chi connectivity index (χ3n) is 5.70. The van der Waals surface area contributed by atoms with E-state index in [0.717, 1.165) is 30.0 Å². The van der Waals surface area contributed by atoms with Crippen LogP contribution in [0.1, 0.15) is 45.1 Å². The van der Waals surface area contributed by atoms with Gasteiger partial charge >= 0.3 is 0 Å². The van der Waals surface area contributed by atoms with Crippen molar-refractivity contribution in [3.63, 3.8) is 0 Å². The first-order valence-electron chi connectivity index (χ1n) is 11.4. The molecule has 1 amide bonds. The van der Waals surface area contributed by atoms with Gasteiger partial charge in [0.2, 0.25) is 15.9 Å². The smallest absolute Gasteiger partial charge is 0.243 e. The molecule has 0 fully saturated rings. The predicted octanol–water partition coefficient (Wildman–Crippen LogP) is 3.46. The average Bonchev–Trinajstić information content (AvgIpc) is 3.15. The molecule has 33 heavy (non-hydrogen) atoms. The lowest BCUT2D eigenvalue weighted by atomic mass is 10.2. The van der Waals surface area contributed by atoms with Crippen LogP contribution in [0.3, 0.4) is 0 Å². The number of rotatable bonds is 11. The van der Waals surface area contributed by atoms with E-state index in [-0.39, 0.29) is 10.8 Å². The van der Waals surface area contributed by atoms with Crippen molar-refractivity contribution in [2.45, 2.75) is 58.0 Å². The summed E-state index contributed by atoms with van der Waals surface area (Å²) in [5.41, 5.74) is 2.37. The fraction of sp³-hybridized carbons (Fsp3) is 0.458. The van der Waals surface area contributed by atoms with Crippen LogP contribution in [0.5, 0.6) is 0 Å². The molecule has 2 aromatic heterocycles. The number of imidazole rings is 1. The number of carbonyl (C=O) groups excluding carboxylic acids is 1. The number of carbonyl (C=O) groups is 1. The Balaban J connectivity index is 1.82. The maximum atomic E-state index is 12.9.